The van der Waals surface area contributed by atoms with E-state index in [0.717, 1.165) is 15.8 Å². The summed E-state index contributed by atoms with van der Waals surface area (Å²) in [7, 11) is 0. The SMILES string of the molecule is Cc1cc(C(=O)Cc2ccc(Br)cc2Cl)c(C)o1. The molecule has 0 bridgehead atoms. The summed E-state index contributed by atoms with van der Waals surface area (Å²) >= 11 is 9.44. The largest absolute Gasteiger partial charge is 0.466 e. The molecule has 0 amide bonds. The Labute approximate surface area is 119 Å². The van der Waals surface area contributed by atoms with Gasteiger partial charge in [0.2, 0.25) is 0 Å². The first kappa shape index (κ1) is 13.4. The number of carbonyl (C=O) groups is 1. The molecule has 2 nitrogen and oxygen atoms in total. The maximum atomic E-state index is 12.2. The van der Waals surface area contributed by atoms with Crippen molar-refractivity contribution in [3.63, 3.8) is 0 Å². The minimum atomic E-state index is 0.0218. The van der Waals surface area contributed by atoms with Gasteiger partial charge in [-0.1, -0.05) is 33.6 Å². The summed E-state index contributed by atoms with van der Waals surface area (Å²) < 4.78 is 6.26. The predicted molar refractivity (Wildman–Crippen MR) is 75.4 cm³/mol. The summed E-state index contributed by atoms with van der Waals surface area (Å²) in [6.45, 7) is 3.62. The third kappa shape index (κ3) is 2.85. The van der Waals surface area contributed by atoms with E-state index in [4.69, 9.17) is 16.0 Å². The van der Waals surface area contributed by atoms with E-state index in [1.165, 1.54) is 0 Å². The highest BCUT2D eigenvalue weighted by Crippen LogP contribution is 2.24. The molecule has 0 spiro atoms. The fourth-order valence-corrected chi connectivity index (χ4v) is 2.58. The minimum Gasteiger partial charge on any atom is -0.466 e. The molecule has 2 rings (SSSR count). The van der Waals surface area contributed by atoms with Crippen molar-refractivity contribution < 1.29 is 9.21 Å². The summed E-state index contributed by atoms with van der Waals surface area (Å²) in [5.74, 6) is 1.43. The number of benzene rings is 1. The Morgan fingerprint density at radius 3 is 2.61 bits per heavy atom. The number of rotatable bonds is 3. The quantitative estimate of drug-likeness (QED) is 0.762. The van der Waals surface area contributed by atoms with Crippen LogP contribution < -0.4 is 0 Å². The zero-order valence-corrected chi connectivity index (χ0v) is 12.4. The molecule has 0 aliphatic carbocycles. The lowest BCUT2D eigenvalue weighted by Crippen LogP contribution is -2.04. The van der Waals surface area contributed by atoms with Crippen molar-refractivity contribution in [2.24, 2.45) is 0 Å². The van der Waals surface area contributed by atoms with Gasteiger partial charge in [-0.25, -0.2) is 0 Å². The van der Waals surface area contributed by atoms with Gasteiger partial charge in [0.05, 0.1) is 5.56 Å². The Kier molecular flexibility index (Phi) is 3.93. The van der Waals surface area contributed by atoms with Crippen LogP contribution in [0.15, 0.2) is 33.2 Å². The van der Waals surface area contributed by atoms with Crippen LogP contribution in [0.2, 0.25) is 5.02 Å². The van der Waals surface area contributed by atoms with Crippen LogP contribution in [0, 0.1) is 13.8 Å². The third-order valence-corrected chi connectivity index (χ3v) is 3.55. The first-order chi connectivity index (χ1) is 8.47. The van der Waals surface area contributed by atoms with Gasteiger partial charge in [-0.3, -0.25) is 4.79 Å². The molecule has 0 saturated carbocycles. The standard InChI is InChI=1S/C14H12BrClO2/c1-8-5-12(9(2)18-8)14(17)6-10-3-4-11(15)7-13(10)16/h3-5,7H,6H2,1-2H3. The molecule has 0 saturated heterocycles. The van der Waals surface area contributed by atoms with E-state index in [-0.39, 0.29) is 12.2 Å². The molecule has 0 aliphatic heterocycles. The number of furan rings is 1. The van der Waals surface area contributed by atoms with Crippen molar-refractivity contribution in [2.45, 2.75) is 20.3 Å². The zero-order chi connectivity index (χ0) is 13.3. The molecule has 18 heavy (non-hydrogen) atoms. The number of aryl methyl sites for hydroxylation is 2. The zero-order valence-electron chi connectivity index (χ0n) is 10.1. The van der Waals surface area contributed by atoms with E-state index in [1.807, 2.05) is 19.1 Å². The van der Waals surface area contributed by atoms with Crippen molar-refractivity contribution in [3.8, 4) is 0 Å². The van der Waals surface area contributed by atoms with Crippen LogP contribution in [0.5, 0.6) is 0 Å². The average Bonchev–Trinajstić information content (AvgIpc) is 2.62. The lowest BCUT2D eigenvalue weighted by Gasteiger charge is -2.03. The van der Waals surface area contributed by atoms with E-state index < -0.39 is 0 Å². The smallest absolute Gasteiger partial charge is 0.170 e. The van der Waals surface area contributed by atoms with E-state index in [1.54, 1.807) is 19.1 Å². The van der Waals surface area contributed by atoms with Crippen LogP contribution in [0.25, 0.3) is 0 Å². The number of hydrogen-bond acceptors (Lipinski definition) is 2. The fraction of sp³-hybridized carbons (Fsp3) is 0.214. The minimum absolute atomic E-state index is 0.0218. The summed E-state index contributed by atoms with van der Waals surface area (Å²) in [4.78, 5) is 12.2. The van der Waals surface area contributed by atoms with Crippen LogP contribution in [0.3, 0.4) is 0 Å². The third-order valence-electron chi connectivity index (χ3n) is 2.71. The van der Waals surface area contributed by atoms with Crippen molar-refractivity contribution in [1.29, 1.82) is 0 Å². The molecule has 0 unspecified atom stereocenters. The van der Waals surface area contributed by atoms with Crippen molar-refractivity contribution in [3.05, 3.63) is 56.4 Å². The van der Waals surface area contributed by atoms with Gasteiger partial charge in [-0.2, -0.15) is 0 Å². The molecule has 1 heterocycles. The molecule has 0 atom stereocenters. The monoisotopic (exact) mass is 326 g/mol. The Morgan fingerprint density at radius 2 is 2.06 bits per heavy atom. The summed E-state index contributed by atoms with van der Waals surface area (Å²) in [5, 5.41) is 0.593. The summed E-state index contributed by atoms with van der Waals surface area (Å²) in [6, 6.07) is 7.29. The van der Waals surface area contributed by atoms with Crippen molar-refractivity contribution >= 4 is 33.3 Å². The Morgan fingerprint density at radius 1 is 1.33 bits per heavy atom. The number of hydrogen-bond donors (Lipinski definition) is 0. The molecule has 2 aromatic rings. The second kappa shape index (κ2) is 5.29. The summed E-state index contributed by atoms with van der Waals surface area (Å²) in [6.07, 6.45) is 0.284. The highest BCUT2D eigenvalue weighted by atomic mass is 79.9. The van der Waals surface area contributed by atoms with Gasteiger partial charge in [-0.05, 0) is 37.6 Å². The van der Waals surface area contributed by atoms with E-state index in [2.05, 4.69) is 15.9 Å². The van der Waals surface area contributed by atoms with Gasteiger partial charge >= 0.3 is 0 Å². The molecule has 1 aromatic heterocycles. The van der Waals surface area contributed by atoms with Gasteiger partial charge in [0.1, 0.15) is 11.5 Å². The highest BCUT2D eigenvalue weighted by molar-refractivity contribution is 9.10. The summed E-state index contributed by atoms with van der Waals surface area (Å²) in [5.41, 5.74) is 1.45. The first-order valence-corrected chi connectivity index (χ1v) is 6.68. The number of carbonyl (C=O) groups excluding carboxylic acids is 1. The molecular formula is C14H12BrClO2. The highest BCUT2D eigenvalue weighted by Gasteiger charge is 2.15. The van der Waals surface area contributed by atoms with Gasteiger partial charge in [-0.15, -0.1) is 0 Å². The Hall–Kier alpha value is -1.06. The average molecular weight is 328 g/mol. The van der Waals surface area contributed by atoms with E-state index >= 15 is 0 Å². The van der Waals surface area contributed by atoms with Crippen molar-refractivity contribution in [2.75, 3.05) is 0 Å². The molecule has 0 aliphatic rings. The molecule has 0 radical (unpaired) electrons. The normalized spacial score (nSPS) is 10.7. The van der Waals surface area contributed by atoms with Crippen LogP contribution in [0.4, 0.5) is 0 Å². The molecule has 94 valence electrons. The number of Topliss-reactive ketones (excluding diaryl/α,β-unsaturated/α-hetero) is 1. The molecule has 1 aromatic carbocycles. The second-order valence-electron chi connectivity index (χ2n) is 4.16. The van der Waals surface area contributed by atoms with Crippen LogP contribution in [0.1, 0.15) is 27.4 Å². The second-order valence-corrected chi connectivity index (χ2v) is 5.49. The lowest BCUT2D eigenvalue weighted by molar-refractivity contribution is 0.0991. The predicted octanol–water partition coefficient (Wildman–Crippen LogP) is 4.74. The first-order valence-electron chi connectivity index (χ1n) is 5.51. The van der Waals surface area contributed by atoms with Gasteiger partial charge in [0.15, 0.2) is 5.78 Å². The molecule has 4 heteroatoms. The molecule has 0 fully saturated rings. The maximum Gasteiger partial charge on any atom is 0.170 e. The number of ketones is 1. The topological polar surface area (TPSA) is 30.2 Å². The Balaban J connectivity index is 2.24. The molecule has 0 N–H and O–H groups in total. The van der Waals surface area contributed by atoms with Crippen molar-refractivity contribution in [1.82, 2.24) is 0 Å². The van der Waals surface area contributed by atoms with Gasteiger partial charge in [0.25, 0.3) is 0 Å². The van der Waals surface area contributed by atoms with E-state index in [0.29, 0.717) is 16.3 Å². The Bertz CT molecular complexity index is 602. The number of halogens is 2. The lowest BCUT2D eigenvalue weighted by atomic mass is 10.0. The van der Waals surface area contributed by atoms with Crippen LogP contribution in [-0.2, 0) is 6.42 Å². The molecular weight excluding hydrogens is 316 g/mol. The van der Waals surface area contributed by atoms with Gasteiger partial charge < -0.3 is 4.42 Å². The fourth-order valence-electron chi connectivity index (χ4n) is 1.84. The van der Waals surface area contributed by atoms with E-state index in [9.17, 15) is 4.79 Å². The van der Waals surface area contributed by atoms with Crippen LogP contribution in [-0.4, -0.2) is 5.78 Å². The maximum absolute atomic E-state index is 12.2. The van der Waals surface area contributed by atoms with Gasteiger partial charge in [0, 0.05) is 15.9 Å². The van der Waals surface area contributed by atoms with Crippen LogP contribution >= 0.6 is 27.5 Å².